The quantitative estimate of drug-likeness (QED) is 0.600. The largest absolute Gasteiger partial charge is 0.411 e. The van der Waals surface area contributed by atoms with E-state index >= 15 is 0 Å². The second-order valence-corrected chi connectivity index (χ2v) is 6.42. The molecule has 0 bridgehead atoms. The first-order chi connectivity index (χ1) is 10.6. The molecule has 0 N–H and O–H groups in total. The molecule has 1 heterocycles. The fraction of sp³-hybridized carbons (Fsp3) is 0.125. The fourth-order valence-corrected chi connectivity index (χ4v) is 2.95. The Morgan fingerprint density at radius 3 is 2.64 bits per heavy atom. The highest BCUT2D eigenvalue weighted by molar-refractivity contribution is 7.99. The molecule has 0 aliphatic carbocycles. The van der Waals surface area contributed by atoms with Gasteiger partial charge in [-0.05, 0) is 42.8 Å². The summed E-state index contributed by atoms with van der Waals surface area (Å²) in [4.78, 5) is 0. The minimum absolute atomic E-state index is 0.0771. The summed E-state index contributed by atoms with van der Waals surface area (Å²) >= 11 is 7.38. The molecule has 2 aromatic carbocycles. The van der Waals surface area contributed by atoms with Crippen LogP contribution in [0.3, 0.4) is 0 Å². The molecule has 0 radical (unpaired) electrons. The predicted molar refractivity (Wildman–Crippen MR) is 85.4 cm³/mol. The monoisotopic (exact) mass is 334 g/mol. The van der Waals surface area contributed by atoms with Gasteiger partial charge >= 0.3 is 0 Å². The van der Waals surface area contributed by atoms with Crippen molar-refractivity contribution in [2.75, 3.05) is 0 Å². The van der Waals surface area contributed by atoms with Gasteiger partial charge in [-0.2, -0.15) is 0 Å². The van der Waals surface area contributed by atoms with Crippen molar-refractivity contribution in [2.45, 2.75) is 17.4 Å². The van der Waals surface area contributed by atoms with Crippen molar-refractivity contribution in [3.05, 3.63) is 64.9 Å². The van der Waals surface area contributed by atoms with Crippen molar-refractivity contribution in [2.24, 2.45) is 0 Å². The molecule has 0 saturated heterocycles. The van der Waals surface area contributed by atoms with Gasteiger partial charge in [0.1, 0.15) is 5.82 Å². The van der Waals surface area contributed by atoms with Gasteiger partial charge in [0, 0.05) is 15.8 Å². The first-order valence-electron chi connectivity index (χ1n) is 6.63. The Kier molecular flexibility index (Phi) is 4.45. The zero-order chi connectivity index (χ0) is 15.5. The van der Waals surface area contributed by atoms with E-state index in [1.54, 1.807) is 24.3 Å². The van der Waals surface area contributed by atoms with Crippen LogP contribution < -0.4 is 0 Å². The summed E-state index contributed by atoms with van der Waals surface area (Å²) in [5, 5.41) is 9.22. The SMILES string of the molecule is C[C@@H](Sc1nnc(-c2cccc(Cl)c2)o1)c1ccc(F)cc1. The molecule has 3 aromatic rings. The first-order valence-corrected chi connectivity index (χ1v) is 7.89. The predicted octanol–water partition coefficient (Wildman–Crippen LogP) is 5.38. The van der Waals surface area contributed by atoms with Gasteiger partial charge in [0.2, 0.25) is 5.89 Å². The van der Waals surface area contributed by atoms with Gasteiger partial charge < -0.3 is 4.42 Å². The Morgan fingerprint density at radius 2 is 1.91 bits per heavy atom. The molecule has 3 nitrogen and oxygen atoms in total. The van der Waals surface area contributed by atoms with Crippen LogP contribution >= 0.6 is 23.4 Å². The molecule has 0 fully saturated rings. The summed E-state index contributed by atoms with van der Waals surface area (Å²) < 4.78 is 18.6. The van der Waals surface area contributed by atoms with Crippen LogP contribution in [0.1, 0.15) is 17.7 Å². The average molecular weight is 335 g/mol. The summed E-state index contributed by atoms with van der Waals surface area (Å²) in [6.07, 6.45) is 0. The van der Waals surface area contributed by atoms with Crippen LogP contribution in [0.5, 0.6) is 0 Å². The molecule has 1 atom stereocenters. The fourth-order valence-electron chi connectivity index (χ4n) is 1.95. The highest BCUT2D eigenvalue weighted by Gasteiger charge is 2.14. The number of rotatable bonds is 4. The number of aromatic nitrogens is 2. The lowest BCUT2D eigenvalue weighted by Gasteiger charge is -2.08. The number of hydrogen-bond acceptors (Lipinski definition) is 4. The second-order valence-electron chi connectivity index (χ2n) is 4.70. The first kappa shape index (κ1) is 15.1. The van der Waals surface area contributed by atoms with Crippen molar-refractivity contribution in [1.29, 1.82) is 0 Å². The van der Waals surface area contributed by atoms with Gasteiger partial charge in [-0.15, -0.1) is 10.2 Å². The average Bonchev–Trinajstić information content (AvgIpc) is 2.96. The van der Waals surface area contributed by atoms with Gasteiger partial charge in [-0.25, -0.2) is 4.39 Å². The Labute approximate surface area is 136 Å². The van der Waals surface area contributed by atoms with Crippen LogP contribution in [-0.2, 0) is 0 Å². The van der Waals surface area contributed by atoms with E-state index in [1.165, 1.54) is 23.9 Å². The van der Waals surface area contributed by atoms with Gasteiger partial charge in [0.05, 0.1) is 0 Å². The van der Waals surface area contributed by atoms with Crippen LogP contribution in [0.4, 0.5) is 4.39 Å². The molecular formula is C16H12ClFN2OS. The third-order valence-electron chi connectivity index (χ3n) is 3.10. The number of benzene rings is 2. The lowest BCUT2D eigenvalue weighted by atomic mass is 10.2. The number of halogens is 2. The van der Waals surface area contributed by atoms with Crippen LogP contribution in [0.25, 0.3) is 11.5 Å². The molecule has 0 amide bonds. The van der Waals surface area contributed by atoms with Gasteiger partial charge in [0.15, 0.2) is 0 Å². The molecule has 1 aromatic heterocycles. The molecule has 0 unspecified atom stereocenters. The van der Waals surface area contributed by atoms with Crippen LogP contribution in [0.15, 0.2) is 58.2 Å². The molecular weight excluding hydrogens is 323 g/mol. The van der Waals surface area contributed by atoms with E-state index in [2.05, 4.69) is 10.2 Å². The Balaban J connectivity index is 1.75. The molecule has 0 saturated carbocycles. The summed E-state index contributed by atoms with van der Waals surface area (Å²) in [5.74, 6) is 0.179. The number of hydrogen-bond donors (Lipinski definition) is 0. The summed E-state index contributed by atoms with van der Waals surface area (Å²) in [6.45, 7) is 2.00. The third-order valence-corrected chi connectivity index (χ3v) is 4.32. The Bertz CT molecular complexity index is 776. The van der Waals surface area contributed by atoms with Crippen LogP contribution in [0.2, 0.25) is 5.02 Å². The van der Waals surface area contributed by atoms with Crippen molar-refractivity contribution in [3.63, 3.8) is 0 Å². The zero-order valence-electron chi connectivity index (χ0n) is 11.7. The van der Waals surface area contributed by atoms with Crippen molar-refractivity contribution < 1.29 is 8.81 Å². The van der Waals surface area contributed by atoms with Gasteiger partial charge in [-0.1, -0.05) is 41.6 Å². The molecule has 6 heteroatoms. The van der Waals surface area contributed by atoms with E-state index in [-0.39, 0.29) is 11.1 Å². The van der Waals surface area contributed by atoms with Crippen molar-refractivity contribution >= 4 is 23.4 Å². The van der Waals surface area contributed by atoms with E-state index in [4.69, 9.17) is 16.0 Å². The molecule has 112 valence electrons. The molecule has 22 heavy (non-hydrogen) atoms. The van der Waals surface area contributed by atoms with Crippen LogP contribution in [0, 0.1) is 5.82 Å². The molecule has 0 aliphatic rings. The summed E-state index contributed by atoms with van der Waals surface area (Å²) in [6, 6.07) is 13.6. The third kappa shape index (κ3) is 3.48. The number of nitrogens with zero attached hydrogens (tertiary/aromatic N) is 2. The van der Waals surface area contributed by atoms with Crippen LogP contribution in [-0.4, -0.2) is 10.2 Å². The van der Waals surface area contributed by atoms with Crippen molar-refractivity contribution in [1.82, 2.24) is 10.2 Å². The van der Waals surface area contributed by atoms with Gasteiger partial charge in [0.25, 0.3) is 5.22 Å². The normalized spacial score (nSPS) is 12.3. The molecule has 0 spiro atoms. The topological polar surface area (TPSA) is 38.9 Å². The minimum Gasteiger partial charge on any atom is -0.411 e. The maximum Gasteiger partial charge on any atom is 0.277 e. The zero-order valence-corrected chi connectivity index (χ0v) is 13.2. The van der Waals surface area contributed by atoms with E-state index in [0.29, 0.717) is 16.1 Å². The minimum atomic E-state index is -0.248. The standard InChI is InChI=1S/C16H12ClFN2OS/c1-10(11-5-7-14(18)8-6-11)22-16-20-19-15(21-16)12-3-2-4-13(17)9-12/h2-10H,1H3/t10-/m1/s1. The van der Waals surface area contributed by atoms with Crippen molar-refractivity contribution in [3.8, 4) is 11.5 Å². The highest BCUT2D eigenvalue weighted by atomic mass is 35.5. The highest BCUT2D eigenvalue weighted by Crippen LogP contribution is 2.35. The smallest absolute Gasteiger partial charge is 0.277 e. The maximum atomic E-state index is 12.9. The Morgan fingerprint density at radius 1 is 1.14 bits per heavy atom. The van der Waals surface area contributed by atoms with E-state index in [0.717, 1.165) is 11.1 Å². The van der Waals surface area contributed by atoms with E-state index in [1.807, 2.05) is 19.1 Å². The van der Waals surface area contributed by atoms with E-state index in [9.17, 15) is 4.39 Å². The summed E-state index contributed by atoms with van der Waals surface area (Å²) in [7, 11) is 0. The van der Waals surface area contributed by atoms with Gasteiger partial charge in [-0.3, -0.25) is 0 Å². The Hall–Kier alpha value is -1.85. The molecule has 0 aliphatic heterocycles. The number of thioether (sulfide) groups is 1. The lowest BCUT2D eigenvalue weighted by molar-refractivity contribution is 0.465. The lowest BCUT2D eigenvalue weighted by Crippen LogP contribution is -1.88. The van der Waals surface area contributed by atoms with E-state index < -0.39 is 0 Å². The maximum absolute atomic E-state index is 12.9. The molecule has 3 rings (SSSR count). The second kappa shape index (κ2) is 6.50. The summed E-state index contributed by atoms with van der Waals surface area (Å²) in [5.41, 5.74) is 1.77.